The third kappa shape index (κ3) is 4.98. The first-order chi connectivity index (χ1) is 9.85. The number of carboxylic acids is 1. The average Bonchev–Trinajstić information content (AvgIpc) is 2.43. The third-order valence-corrected chi connectivity index (χ3v) is 3.12. The predicted octanol–water partition coefficient (Wildman–Crippen LogP) is 1.75. The second kappa shape index (κ2) is 7.52. The van der Waals surface area contributed by atoms with Crippen molar-refractivity contribution in [2.45, 2.75) is 20.3 Å². The lowest BCUT2D eigenvalue weighted by atomic mass is 9.97. The molecule has 1 unspecified atom stereocenters. The second-order valence-electron chi connectivity index (χ2n) is 5.33. The van der Waals surface area contributed by atoms with E-state index in [9.17, 15) is 9.59 Å². The van der Waals surface area contributed by atoms with Gasteiger partial charge < -0.3 is 20.9 Å². The summed E-state index contributed by atoms with van der Waals surface area (Å²) in [4.78, 5) is 23.3. The van der Waals surface area contributed by atoms with Gasteiger partial charge >= 0.3 is 5.97 Å². The highest BCUT2D eigenvalue weighted by Crippen LogP contribution is 2.19. The quantitative estimate of drug-likeness (QED) is 0.665. The maximum absolute atomic E-state index is 12.1. The molecule has 0 bridgehead atoms. The largest absolute Gasteiger partial charge is 0.497 e. The van der Waals surface area contributed by atoms with Gasteiger partial charge in [-0.2, -0.15) is 0 Å². The Hall–Kier alpha value is -2.24. The molecule has 0 aliphatic rings. The zero-order chi connectivity index (χ0) is 16.0. The number of carboxylic acid groups (broad SMARTS) is 1. The van der Waals surface area contributed by atoms with Gasteiger partial charge in [-0.3, -0.25) is 9.59 Å². The molecule has 0 heterocycles. The van der Waals surface area contributed by atoms with Crippen LogP contribution in [0.2, 0.25) is 0 Å². The van der Waals surface area contributed by atoms with Crippen LogP contribution >= 0.6 is 0 Å². The summed E-state index contributed by atoms with van der Waals surface area (Å²) in [7, 11) is 1.50. The molecule has 0 aliphatic carbocycles. The number of methoxy groups -OCH3 is 1. The van der Waals surface area contributed by atoms with Crippen LogP contribution in [0, 0.1) is 11.8 Å². The molecule has 1 amide bonds. The average molecular weight is 294 g/mol. The highest BCUT2D eigenvalue weighted by Gasteiger charge is 2.20. The van der Waals surface area contributed by atoms with Crippen molar-refractivity contribution in [2.24, 2.45) is 11.8 Å². The van der Waals surface area contributed by atoms with Crippen molar-refractivity contribution in [1.82, 2.24) is 5.32 Å². The lowest BCUT2D eigenvalue weighted by Crippen LogP contribution is -2.34. The van der Waals surface area contributed by atoms with E-state index in [0.29, 0.717) is 17.9 Å². The Kier molecular flexibility index (Phi) is 6.02. The maximum atomic E-state index is 12.1. The van der Waals surface area contributed by atoms with Gasteiger partial charge in [-0.15, -0.1) is 0 Å². The van der Waals surface area contributed by atoms with E-state index in [2.05, 4.69) is 5.32 Å². The van der Waals surface area contributed by atoms with Crippen molar-refractivity contribution >= 4 is 17.6 Å². The van der Waals surface area contributed by atoms with Gasteiger partial charge in [-0.1, -0.05) is 13.8 Å². The van der Waals surface area contributed by atoms with Crippen molar-refractivity contribution in [1.29, 1.82) is 0 Å². The highest BCUT2D eigenvalue weighted by molar-refractivity contribution is 5.99. The summed E-state index contributed by atoms with van der Waals surface area (Å²) in [6.45, 7) is 3.96. The molecule has 6 heteroatoms. The molecule has 0 saturated heterocycles. The Labute approximate surface area is 124 Å². The van der Waals surface area contributed by atoms with Crippen LogP contribution in [0.15, 0.2) is 18.2 Å². The van der Waals surface area contributed by atoms with Crippen LogP contribution in [0.4, 0.5) is 5.69 Å². The Morgan fingerprint density at radius 1 is 1.38 bits per heavy atom. The lowest BCUT2D eigenvalue weighted by Gasteiger charge is -2.16. The molecule has 0 radical (unpaired) electrons. The number of carbonyl (C=O) groups excluding carboxylic acids is 1. The van der Waals surface area contributed by atoms with Crippen LogP contribution < -0.4 is 15.8 Å². The second-order valence-corrected chi connectivity index (χ2v) is 5.33. The molecule has 21 heavy (non-hydrogen) atoms. The fraction of sp³-hybridized carbons (Fsp3) is 0.467. The van der Waals surface area contributed by atoms with E-state index >= 15 is 0 Å². The summed E-state index contributed by atoms with van der Waals surface area (Å²) in [5, 5.41) is 11.8. The molecule has 0 aliphatic heterocycles. The van der Waals surface area contributed by atoms with Gasteiger partial charge in [0, 0.05) is 12.2 Å². The molecular weight excluding hydrogens is 272 g/mol. The summed E-state index contributed by atoms with van der Waals surface area (Å²) in [5.41, 5.74) is 6.36. The number of nitrogen functional groups attached to an aromatic ring is 1. The number of hydrogen-bond donors (Lipinski definition) is 3. The first-order valence-corrected chi connectivity index (χ1v) is 6.79. The molecule has 1 aromatic rings. The normalized spacial score (nSPS) is 12.0. The first-order valence-electron chi connectivity index (χ1n) is 6.79. The summed E-state index contributed by atoms with van der Waals surface area (Å²) in [6.07, 6.45) is 0.503. The fourth-order valence-corrected chi connectivity index (χ4v) is 2.01. The summed E-state index contributed by atoms with van der Waals surface area (Å²) < 4.78 is 5.05. The van der Waals surface area contributed by atoms with E-state index in [0.717, 1.165) is 0 Å². The van der Waals surface area contributed by atoms with Gasteiger partial charge in [0.05, 0.1) is 18.6 Å². The Balaban J connectivity index is 2.74. The highest BCUT2D eigenvalue weighted by atomic mass is 16.5. The molecule has 1 aromatic carbocycles. The summed E-state index contributed by atoms with van der Waals surface area (Å²) >= 11 is 0. The van der Waals surface area contributed by atoms with Gasteiger partial charge in [-0.25, -0.2) is 0 Å². The molecule has 0 fully saturated rings. The first kappa shape index (κ1) is 16.8. The van der Waals surface area contributed by atoms with E-state index in [1.54, 1.807) is 12.1 Å². The molecule has 0 saturated carbocycles. The van der Waals surface area contributed by atoms with Gasteiger partial charge in [0.2, 0.25) is 0 Å². The minimum Gasteiger partial charge on any atom is -0.497 e. The maximum Gasteiger partial charge on any atom is 0.308 e. The predicted molar refractivity (Wildman–Crippen MR) is 80.3 cm³/mol. The minimum atomic E-state index is -0.914. The monoisotopic (exact) mass is 294 g/mol. The smallest absolute Gasteiger partial charge is 0.308 e. The van der Waals surface area contributed by atoms with E-state index in [1.807, 2.05) is 13.8 Å². The van der Waals surface area contributed by atoms with Crippen LogP contribution in [0.1, 0.15) is 30.6 Å². The van der Waals surface area contributed by atoms with E-state index in [-0.39, 0.29) is 18.0 Å². The Bertz CT molecular complexity index is 514. The number of nitrogens with one attached hydrogen (secondary N) is 1. The number of aliphatic carboxylic acids is 1. The molecular formula is C15H22N2O4. The summed E-state index contributed by atoms with van der Waals surface area (Å²) in [6, 6.07) is 4.77. The number of hydrogen-bond acceptors (Lipinski definition) is 4. The molecule has 1 atom stereocenters. The fourth-order valence-electron chi connectivity index (χ4n) is 2.01. The van der Waals surface area contributed by atoms with Gasteiger partial charge in [0.1, 0.15) is 5.75 Å². The van der Waals surface area contributed by atoms with Crippen molar-refractivity contribution in [3.8, 4) is 5.75 Å². The van der Waals surface area contributed by atoms with Crippen molar-refractivity contribution in [3.05, 3.63) is 23.8 Å². The van der Waals surface area contributed by atoms with E-state index < -0.39 is 17.8 Å². The Morgan fingerprint density at radius 3 is 2.57 bits per heavy atom. The van der Waals surface area contributed by atoms with Crippen molar-refractivity contribution in [3.63, 3.8) is 0 Å². The molecule has 0 aromatic heterocycles. The third-order valence-electron chi connectivity index (χ3n) is 3.12. The van der Waals surface area contributed by atoms with Crippen LogP contribution in [0.3, 0.4) is 0 Å². The number of anilines is 1. The minimum absolute atomic E-state index is 0.0724. The molecule has 1 rings (SSSR count). The van der Waals surface area contributed by atoms with Crippen molar-refractivity contribution < 1.29 is 19.4 Å². The molecule has 6 nitrogen and oxygen atoms in total. The molecule has 4 N–H and O–H groups in total. The van der Waals surface area contributed by atoms with E-state index in [4.69, 9.17) is 15.6 Å². The van der Waals surface area contributed by atoms with Gasteiger partial charge in [-0.05, 0) is 30.5 Å². The number of amides is 1. The lowest BCUT2D eigenvalue weighted by molar-refractivity contribution is -0.142. The van der Waals surface area contributed by atoms with Crippen LogP contribution in [0.25, 0.3) is 0 Å². The van der Waals surface area contributed by atoms with Crippen LogP contribution in [0.5, 0.6) is 5.75 Å². The number of ether oxygens (including phenoxy) is 1. The number of rotatable bonds is 7. The van der Waals surface area contributed by atoms with Crippen LogP contribution in [-0.2, 0) is 4.79 Å². The zero-order valence-corrected chi connectivity index (χ0v) is 12.6. The summed E-state index contributed by atoms with van der Waals surface area (Å²) in [5.74, 6) is -1.17. The topological polar surface area (TPSA) is 102 Å². The number of benzene rings is 1. The standard InChI is InChI=1S/C15H22N2O4/c1-9(2)6-10(15(19)20)8-17-14(18)12-7-11(21-3)4-5-13(12)16/h4-5,7,9-10H,6,8,16H2,1-3H3,(H,17,18)(H,19,20). The zero-order valence-electron chi connectivity index (χ0n) is 12.6. The number of nitrogens with two attached hydrogens (primary N) is 1. The van der Waals surface area contributed by atoms with Crippen LogP contribution in [-0.4, -0.2) is 30.6 Å². The van der Waals surface area contributed by atoms with Crippen molar-refractivity contribution in [2.75, 3.05) is 19.4 Å². The molecule has 116 valence electrons. The Morgan fingerprint density at radius 2 is 2.05 bits per heavy atom. The molecule has 0 spiro atoms. The number of carbonyl (C=O) groups is 2. The van der Waals surface area contributed by atoms with E-state index in [1.165, 1.54) is 13.2 Å². The SMILES string of the molecule is COc1ccc(N)c(C(=O)NCC(CC(C)C)C(=O)O)c1. The van der Waals surface area contributed by atoms with Gasteiger partial charge in [0.25, 0.3) is 5.91 Å². The van der Waals surface area contributed by atoms with Gasteiger partial charge in [0.15, 0.2) is 0 Å².